The highest BCUT2D eigenvalue weighted by Gasteiger charge is 2.33. The van der Waals surface area contributed by atoms with Crippen molar-refractivity contribution in [3.8, 4) is 5.75 Å². The van der Waals surface area contributed by atoms with E-state index in [0.717, 1.165) is 36.1 Å². The van der Waals surface area contributed by atoms with Gasteiger partial charge >= 0.3 is 0 Å². The van der Waals surface area contributed by atoms with Gasteiger partial charge in [0.15, 0.2) is 0 Å². The van der Waals surface area contributed by atoms with Crippen molar-refractivity contribution in [1.29, 1.82) is 0 Å². The van der Waals surface area contributed by atoms with Gasteiger partial charge in [-0.05, 0) is 54.6 Å². The van der Waals surface area contributed by atoms with E-state index in [1.54, 1.807) is 7.11 Å². The number of rotatable bonds is 6. The van der Waals surface area contributed by atoms with Crippen LogP contribution in [0.3, 0.4) is 0 Å². The van der Waals surface area contributed by atoms with Gasteiger partial charge in [-0.25, -0.2) is 0 Å². The van der Waals surface area contributed by atoms with Crippen molar-refractivity contribution >= 4 is 17.5 Å². The molecule has 1 fully saturated rings. The van der Waals surface area contributed by atoms with E-state index in [1.807, 2.05) is 48.5 Å². The van der Waals surface area contributed by atoms with Gasteiger partial charge in [0.2, 0.25) is 5.91 Å². The number of nitrogens with two attached hydrogens (primary N) is 1. The number of halogens is 1. The molecular formula is C21H25ClN2O2. The van der Waals surface area contributed by atoms with E-state index < -0.39 is 0 Å². The number of hydrogen-bond acceptors (Lipinski definition) is 3. The number of carbonyl (C=O) groups is 1. The topological polar surface area (TPSA) is 64.3 Å². The SMILES string of the molecule is COc1ccc(C(NC(=O)[C@@H]2CCC[C@@H]2CN)c2ccccc2Cl)cc1. The smallest absolute Gasteiger partial charge is 0.224 e. The minimum absolute atomic E-state index is 0.0248. The third-order valence-electron chi connectivity index (χ3n) is 5.25. The molecule has 0 heterocycles. The number of nitrogens with one attached hydrogen (secondary N) is 1. The van der Waals surface area contributed by atoms with Crippen molar-refractivity contribution in [2.24, 2.45) is 17.6 Å². The highest BCUT2D eigenvalue weighted by atomic mass is 35.5. The molecule has 1 aliphatic carbocycles. The standard InChI is InChI=1S/C21H25ClN2O2/c1-26-16-11-9-14(10-12-16)20(18-6-2-3-8-19(18)22)24-21(25)17-7-4-5-15(17)13-23/h2-3,6,8-12,15,17,20H,4-5,7,13,23H2,1H3,(H,24,25)/t15-,17-,20?/m1/s1. The Kier molecular flexibility index (Phi) is 6.17. The molecule has 3 N–H and O–H groups in total. The molecule has 2 aromatic carbocycles. The van der Waals surface area contributed by atoms with E-state index in [2.05, 4.69) is 5.32 Å². The Morgan fingerprint density at radius 3 is 2.62 bits per heavy atom. The lowest BCUT2D eigenvalue weighted by Crippen LogP contribution is -2.37. The second-order valence-corrected chi connectivity index (χ2v) is 7.18. The third-order valence-corrected chi connectivity index (χ3v) is 5.59. The van der Waals surface area contributed by atoms with E-state index >= 15 is 0 Å². The van der Waals surface area contributed by atoms with Crippen molar-refractivity contribution in [1.82, 2.24) is 5.32 Å². The monoisotopic (exact) mass is 372 g/mol. The van der Waals surface area contributed by atoms with Crippen LogP contribution in [-0.4, -0.2) is 19.6 Å². The zero-order valence-electron chi connectivity index (χ0n) is 15.0. The summed E-state index contributed by atoms with van der Waals surface area (Å²) in [6.45, 7) is 0.553. The molecule has 0 bridgehead atoms. The molecule has 138 valence electrons. The third kappa shape index (κ3) is 4.02. The Hall–Kier alpha value is -2.04. The highest BCUT2D eigenvalue weighted by molar-refractivity contribution is 6.31. The molecule has 3 atom stereocenters. The summed E-state index contributed by atoms with van der Waals surface area (Å²) in [6, 6.07) is 15.0. The summed E-state index contributed by atoms with van der Waals surface area (Å²) < 4.78 is 5.24. The van der Waals surface area contributed by atoms with Gasteiger partial charge < -0.3 is 15.8 Å². The fraction of sp³-hybridized carbons (Fsp3) is 0.381. The predicted molar refractivity (Wildman–Crippen MR) is 104 cm³/mol. The highest BCUT2D eigenvalue weighted by Crippen LogP contribution is 2.34. The maximum atomic E-state index is 13.0. The zero-order chi connectivity index (χ0) is 18.5. The summed E-state index contributed by atoms with van der Waals surface area (Å²) in [5.74, 6) is 1.07. The van der Waals surface area contributed by atoms with Crippen LogP contribution in [0.2, 0.25) is 5.02 Å². The Bertz CT molecular complexity index is 748. The first-order chi connectivity index (χ1) is 12.6. The van der Waals surface area contributed by atoms with Crippen LogP contribution < -0.4 is 15.8 Å². The molecule has 0 spiro atoms. The number of benzene rings is 2. The van der Waals surface area contributed by atoms with Crippen molar-refractivity contribution in [2.45, 2.75) is 25.3 Å². The molecule has 0 aromatic heterocycles. The Morgan fingerprint density at radius 2 is 1.96 bits per heavy atom. The van der Waals surface area contributed by atoms with Gasteiger partial charge in [0.25, 0.3) is 0 Å². The van der Waals surface area contributed by atoms with Crippen molar-refractivity contribution in [3.05, 3.63) is 64.7 Å². The molecule has 0 saturated heterocycles. The second kappa shape index (κ2) is 8.56. The molecule has 3 rings (SSSR count). The first kappa shape index (κ1) is 18.7. The van der Waals surface area contributed by atoms with Gasteiger partial charge in [-0.15, -0.1) is 0 Å². The largest absolute Gasteiger partial charge is 0.497 e. The van der Waals surface area contributed by atoms with Crippen molar-refractivity contribution in [2.75, 3.05) is 13.7 Å². The lowest BCUT2D eigenvalue weighted by molar-refractivity contribution is -0.126. The normalized spacial score (nSPS) is 20.6. The van der Waals surface area contributed by atoms with Crippen LogP contribution in [0.1, 0.15) is 36.4 Å². The fourth-order valence-corrected chi connectivity index (χ4v) is 4.00. The Labute approximate surface area is 159 Å². The van der Waals surface area contributed by atoms with Crippen LogP contribution in [0.5, 0.6) is 5.75 Å². The number of carbonyl (C=O) groups excluding carboxylic acids is 1. The maximum Gasteiger partial charge on any atom is 0.224 e. The summed E-state index contributed by atoms with van der Waals surface area (Å²) in [6.07, 6.45) is 2.97. The average molecular weight is 373 g/mol. The molecule has 2 aromatic rings. The maximum absolute atomic E-state index is 13.0. The van der Waals surface area contributed by atoms with Crippen LogP contribution in [0.4, 0.5) is 0 Å². The lowest BCUT2D eigenvalue weighted by Gasteiger charge is -2.25. The minimum atomic E-state index is -0.305. The van der Waals surface area contributed by atoms with Crippen LogP contribution >= 0.6 is 11.6 Å². The van der Waals surface area contributed by atoms with E-state index in [0.29, 0.717) is 11.6 Å². The molecule has 4 nitrogen and oxygen atoms in total. The van der Waals surface area contributed by atoms with Gasteiger partial charge in [-0.2, -0.15) is 0 Å². The molecule has 26 heavy (non-hydrogen) atoms. The summed E-state index contributed by atoms with van der Waals surface area (Å²) in [7, 11) is 1.63. The molecule has 0 aliphatic heterocycles. The van der Waals surface area contributed by atoms with Crippen LogP contribution in [0.15, 0.2) is 48.5 Å². The van der Waals surface area contributed by atoms with Crippen LogP contribution in [-0.2, 0) is 4.79 Å². The quantitative estimate of drug-likeness (QED) is 0.807. The van der Waals surface area contributed by atoms with Crippen LogP contribution in [0.25, 0.3) is 0 Å². The van der Waals surface area contributed by atoms with Crippen LogP contribution in [0, 0.1) is 11.8 Å². The fourth-order valence-electron chi connectivity index (χ4n) is 3.76. The van der Waals surface area contributed by atoms with Crippen molar-refractivity contribution < 1.29 is 9.53 Å². The molecule has 1 amide bonds. The molecule has 1 saturated carbocycles. The summed E-state index contributed by atoms with van der Waals surface area (Å²) in [5, 5.41) is 3.85. The average Bonchev–Trinajstić information content (AvgIpc) is 3.16. The van der Waals surface area contributed by atoms with Gasteiger partial charge in [0.1, 0.15) is 5.75 Å². The second-order valence-electron chi connectivity index (χ2n) is 6.77. The molecule has 1 unspecified atom stereocenters. The number of methoxy groups -OCH3 is 1. The van der Waals surface area contributed by atoms with E-state index in [9.17, 15) is 4.79 Å². The molecule has 5 heteroatoms. The summed E-state index contributed by atoms with van der Waals surface area (Å²) >= 11 is 6.43. The van der Waals surface area contributed by atoms with E-state index in [1.165, 1.54) is 0 Å². The first-order valence-electron chi connectivity index (χ1n) is 9.03. The summed E-state index contributed by atoms with van der Waals surface area (Å²) in [4.78, 5) is 13.0. The number of hydrogen-bond donors (Lipinski definition) is 2. The minimum Gasteiger partial charge on any atom is -0.497 e. The molecule has 1 aliphatic rings. The zero-order valence-corrected chi connectivity index (χ0v) is 15.7. The molecular weight excluding hydrogens is 348 g/mol. The van der Waals surface area contributed by atoms with Gasteiger partial charge in [0.05, 0.1) is 13.2 Å². The summed E-state index contributed by atoms with van der Waals surface area (Å²) in [5.41, 5.74) is 7.71. The first-order valence-corrected chi connectivity index (χ1v) is 9.40. The van der Waals surface area contributed by atoms with Gasteiger partial charge in [0, 0.05) is 10.9 Å². The number of ether oxygens (including phenoxy) is 1. The van der Waals surface area contributed by atoms with Crippen molar-refractivity contribution in [3.63, 3.8) is 0 Å². The van der Waals surface area contributed by atoms with E-state index in [-0.39, 0.29) is 23.8 Å². The lowest BCUT2D eigenvalue weighted by atomic mass is 9.93. The number of amides is 1. The van der Waals surface area contributed by atoms with Gasteiger partial charge in [-0.1, -0.05) is 48.4 Å². The Balaban J connectivity index is 1.90. The van der Waals surface area contributed by atoms with Gasteiger partial charge in [-0.3, -0.25) is 4.79 Å². The Morgan fingerprint density at radius 1 is 1.23 bits per heavy atom. The molecule has 0 radical (unpaired) electrons. The van der Waals surface area contributed by atoms with E-state index in [4.69, 9.17) is 22.1 Å². The predicted octanol–water partition coefficient (Wildman–Crippen LogP) is 3.93.